The number of benzene rings is 2. The second-order valence-electron chi connectivity index (χ2n) is 9.93. The maximum atomic E-state index is 14.0. The molecule has 0 atom stereocenters. The zero-order valence-electron chi connectivity index (χ0n) is 23.9. The molecule has 0 bridgehead atoms. The maximum absolute atomic E-state index is 14.0. The second-order valence-corrected chi connectivity index (χ2v) is 11.8. The maximum Gasteiger partial charge on any atom is 0.272 e. The van der Waals surface area contributed by atoms with Gasteiger partial charge in [-0.05, 0) is 49.2 Å². The summed E-state index contributed by atoms with van der Waals surface area (Å²) in [6.45, 7) is -0.264. The summed E-state index contributed by atoms with van der Waals surface area (Å²) in [7, 11) is -4.05. The Balaban J connectivity index is 1.43. The van der Waals surface area contributed by atoms with Crippen LogP contribution in [0.5, 0.6) is 17.4 Å². The molecule has 0 aliphatic carbocycles. The molecule has 0 saturated carbocycles. The van der Waals surface area contributed by atoms with Crippen LogP contribution < -0.4 is 19.9 Å². The molecule has 0 spiro atoms. The smallest absolute Gasteiger partial charge is 0.272 e. The predicted octanol–water partition coefficient (Wildman–Crippen LogP) is 5.69. The van der Waals surface area contributed by atoms with Crippen LogP contribution in [0.3, 0.4) is 0 Å². The fourth-order valence-electron chi connectivity index (χ4n) is 4.45. The summed E-state index contributed by atoms with van der Waals surface area (Å²) in [6, 6.07) is 8.59. The molecule has 5 rings (SSSR count). The van der Waals surface area contributed by atoms with Crippen molar-refractivity contribution in [2.75, 3.05) is 29.5 Å². The van der Waals surface area contributed by atoms with Gasteiger partial charge in [-0.1, -0.05) is 6.07 Å². The van der Waals surface area contributed by atoms with Crippen molar-refractivity contribution in [3.8, 4) is 23.1 Å². The van der Waals surface area contributed by atoms with E-state index in [2.05, 4.69) is 19.8 Å². The Morgan fingerprint density at radius 3 is 2.54 bits per heavy atom. The fraction of sp³-hybridized carbons (Fsp3) is 0.207. The van der Waals surface area contributed by atoms with E-state index in [-0.39, 0.29) is 46.3 Å². The number of aromatic nitrogens is 4. The van der Waals surface area contributed by atoms with Crippen LogP contribution in [0.4, 0.5) is 33.5 Å². The molecule has 3 heterocycles. The number of rotatable bonds is 13. The van der Waals surface area contributed by atoms with Crippen LogP contribution in [0.15, 0.2) is 54.9 Å². The van der Waals surface area contributed by atoms with Crippen molar-refractivity contribution in [2.24, 2.45) is 0 Å². The normalized spacial score (nSPS) is 11.7. The van der Waals surface area contributed by atoms with Crippen LogP contribution in [-0.4, -0.2) is 59.4 Å². The molecule has 0 fully saturated rings. The number of ether oxygens (including phenoxy) is 2. The topological polar surface area (TPSA) is 154 Å². The zero-order valence-corrected chi connectivity index (χ0v) is 24.7. The highest BCUT2D eigenvalue weighted by Gasteiger charge is 2.23. The highest BCUT2D eigenvalue weighted by atomic mass is 32.2. The first kappa shape index (κ1) is 32.2. The third kappa shape index (κ3) is 6.88. The minimum Gasteiger partial charge on any atom is -0.485 e. The van der Waals surface area contributed by atoms with Crippen molar-refractivity contribution in [1.82, 2.24) is 19.7 Å². The first-order valence-corrected chi connectivity index (χ1v) is 15.1. The van der Waals surface area contributed by atoms with E-state index in [0.717, 1.165) is 12.1 Å². The molecule has 2 aromatic carbocycles. The lowest BCUT2D eigenvalue weighted by atomic mass is 10.1. The molecule has 17 heteroatoms. The number of aryl methyl sites for hydroxylation is 1. The van der Waals surface area contributed by atoms with Gasteiger partial charge in [0.2, 0.25) is 27.4 Å². The van der Waals surface area contributed by atoms with Gasteiger partial charge in [0, 0.05) is 17.0 Å². The van der Waals surface area contributed by atoms with Gasteiger partial charge in [0.15, 0.2) is 11.6 Å². The van der Waals surface area contributed by atoms with Gasteiger partial charge in [-0.3, -0.25) is 13.9 Å². The van der Waals surface area contributed by atoms with Gasteiger partial charge in [0.1, 0.15) is 18.2 Å². The first-order chi connectivity index (χ1) is 21.9. The molecule has 4 N–H and O–H groups in total. The summed E-state index contributed by atoms with van der Waals surface area (Å²) in [5, 5.41) is 4.51. The lowest BCUT2D eigenvalue weighted by molar-refractivity contribution is 0.0823. The average molecular weight is 665 g/mol. The number of nitrogen functional groups attached to an aromatic ring is 1. The molecule has 242 valence electrons. The zero-order chi connectivity index (χ0) is 33.2. The van der Waals surface area contributed by atoms with Crippen molar-refractivity contribution in [1.29, 1.82) is 0 Å². The number of fused-ring (bicyclic) bond motifs is 1. The number of carbonyl (C=O) groups excluding carboxylic acids is 1. The molecule has 0 aliphatic heterocycles. The van der Waals surface area contributed by atoms with E-state index in [1.54, 1.807) is 6.92 Å². The number of nitrogens with one attached hydrogen (secondary N) is 2. The predicted molar refractivity (Wildman–Crippen MR) is 158 cm³/mol. The second kappa shape index (κ2) is 13.0. The number of ketones is 1. The fourth-order valence-corrected chi connectivity index (χ4v) is 5.54. The van der Waals surface area contributed by atoms with Gasteiger partial charge in [0.25, 0.3) is 6.43 Å². The average Bonchev–Trinajstić information content (AvgIpc) is 3.59. The van der Waals surface area contributed by atoms with Gasteiger partial charge in [-0.2, -0.15) is 5.10 Å². The number of sulfonamides is 1. The number of nitrogens with two attached hydrogens (primary N) is 1. The Morgan fingerprint density at radius 1 is 1.13 bits per heavy atom. The van der Waals surface area contributed by atoms with E-state index < -0.39 is 58.7 Å². The molecular weight excluding hydrogens is 639 g/mol. The number of hydrogen-bond acceptors (Lipinski definition) is 8. The standard InChI is InChI=1S/C29H25F5N6O5S/c1-15-8-26(45-28-18(31)4-2-5-19(28)32)36-13-23(15)40-29(35)17(12-37-40)27(41)22-9-16-10-24(44-14-25(33)34)21(11-20(16)38-22)39-46(42,43)7-3-6-30/h2,4-5,8-13,25,38-39H,3,6-7,14,35H2,1H3. The van der Waals surface area contributed by atoms with Crippen molar-refractivity contribution in [3.63, 3.8) is 0 Å². The third-order valence-corrected chi connectivity index (χ3v) is 7.96. The Hall–Kier alpha value is -5.19. The van der Waals surface area contributed by atoms with Gasteiger partial charge >= 0.3 is 0 Å². The quantitative estimate of drug-likeness (QED) is 0.107. The summed E-state index contributed by atoms with van der Waals surface area (Å²) in [5.74, 6) is -4.03. The molecule has 0 radical (unpaired) electrons. The van der Waals surface area contributed by atoms with Gasteiger partial charge < -0.3 is 20.2 Å². The summed E-state index contributed by atoms with van der Waals surface area (Å²) >= 11 is 0. The number of para-hydroxylation sites is 1. The van der Waals surface area contributed by atoms with E-state index in [9.17, 15) is 35.2 Å². The molecule has 5 aromatic rings. The molecule has 3 aromatic heterocycles. The molecule has 0 amide bonds. The lowest BCUT2D eigenvalue weighted by Crippen LogP contribution is -2.18. The highest BCUT2D eigenvalue weighted by Crippen LogP contribution is 2.34. The molecule has 11 nitrogen and oxygen atoms in total. The number of aromatic amines is 1. The largest absolute Gasteiger partial charge is 0.485 e. The summed E-state index contributed by atoms with van der Waals surface area (Å²) in [5.41, 5.74) is 7.14. The van der Waals surface area contributed by atoms with Crippen LogP contribution in [-0.2, 0) is 10.0 Å². The molecule has 46 heavy (non-hydrogen) atoms. The van der Waals surface area contributed by atoms with E-state index in [1.165, 1.54) is 47.4 Å². The van der Waals surface area contributed by atoms with Crippen LogP contribution in [0.25, 0.3) is 16.6 Å². The minimum absolute atomic E-state index is 0.00371. The number of H-pyrrole nitrogens is 1. The summed E-state index contributed by atoms with van der Waals surface area (Å²) in [4.78, 5) is 20.4. The molecule has 0 unspecified atom stereocenters. The van der Waals surface area contributed by atoms with Gasteiger partial charge in [-0.15, -0.1) is 0 Å². The van der Waals surface area contributed by atoms with Crippen LogP contribution >= 0.6 is 0 Å². The SMILES string of the molecule is Cc1cc(Oc2c(F)cccc2F)ncc1-n1ncc(C(=O)c2cc3cc(OCC(F)F)c(NS(=O)(=O)CCCF)cc3[nH]2)c1N. The molecule has 0 saturated heterocycles. The molecule has 0 aliphatic rings. The monoisotopic (exact) mass is 664 g/mol. The number of nitrogens with zero attached hydrogens (tertiary/aromatic N) is 3. The van der Waals surface area contributed by atoms with Crippen LogP contribution in [0.2, 0.25) is 0 Å². The number of hydrogen-bond donors (Lipinski definition) is 3. The Labute approximate surface area is 258 Å². The van der Waals surface area contributed by atoms with Gasteiger partial charge in [0.05, 0.1) is 47.5 Å². The Kier molecular flexibility index (Phi) is 9.13. The summed E-state index contributed by atoms with van der Waals surface area (Å²) in [6.07, 6.45) is -0.626. The minimum atomic E-state index is -4.05. The summed E-state index contributed by atoms with van der Waals surface area (Å²) < 4.78 is 105. The van der Waals surface area contributed by atoms with Crippen LogP contribution in [0.1, 0.15) is 28.0 Å². The van der Waals surface area contributed by atoms with E-state index in [0.29, 0.717) is 16.6 Å². The Morgan fingerprint density at radius 2 is 1.87 bits per heavy atom. The van der Waals surface area contributed by atoms with E-state index >= 15 is 0 Å². The Bertz CT molecular complexity index is 2010. The number of halogens is 5. The number of carbonyl (C=O) groups is 1. The van der Waals surface area contributed by atoms with Crippen molar-refractivity contribution in [2.45, 2.75) is 19.8 Å². The van der Waals surface area contributed by atoms with Crippen molar-refractivity contribution < 1.29 is 44.6 Å². The highest BCUT2D eigenvalue weighted by molar-refractivity contribution is 7.92. The number of anilines is 2. The third-order valence-electron chi connectivity index (χ3n) is 6.61. The van der Waals surface area contributed by atoms with E-state index in [1.807, 2.05) is 0 Å². The number of pyridine rings is 1. The first-order valence-electron chi connectivity index (χ1n) is 13.5. The lowest BCUT2D eigenvalue weighted by Gasteiger charge is -2.14. The number of alkyl halides is 3. The van der Waals surface area contributed by atoms with E-state index in [4.69, 9.17) is 15.2 Å². The van der Waals surface area contributed by atoms with Crippen molar-refractivity contribution in [3.05, 3.63) is 83.3 Å². The molecular formula is C29H25F5N6O5S. The van der Waals surface area contributed by atoms with Gasteiger partial charge in [-0.25, -0.2) is 35.6 Å². The van der Waals surface area contributed by atoms with Crippen molar-refractivity contribution >= 4 is 38.2 Å². The van der Waals surface area contributed by atoms with Crippen LogP contribution in [0, 0.1) is 18.6 Å².